The average molecular weight is 210 g/mol. The molecule has 0 heterocycles. The molecule has 0 spiro atoms. The normalized spacial score (nSPS) is 15.4. The average Bonchev–Trinajstić information content (AvgIpc) is 2.58. The second kappa shape index (κ2) is 5.53. The van der Waals surface area contributed by atoms with Crippen molar-refractivity contribution in [3.8, 4) is 0 Å². The van der Waals surface area contributed by atoms with Gasteiger partial charge in [0.25, 0.3) is 0 Å². The number of ketones is 1. The van der Waals surface area contributed by atoms with E-state index in [1.165, 1.54) is 0 Å². The molecule has 15 heavy (non-hydrogen) atoms. The molecule has 0 radical (unpaired) electrons. The number of hydrogen-bond acceptors (Lipinski definition) is 3. The lowest BCUT2D eigenvalue weighted by Gasteiger charge is -2.09. The van der Waals surface area contributed by atoms with E-state index in [9.17, 15) is 9.59 Å². The zero-order chi connectivity index (χ0) is 11.3. The first-order valence-corrected chi connectivity index (χ1v) is 5.32. The van der Waals surface area contributed by atoms with Crippen LogP contribution in [0, 0.1) is 5.92 Å². The van der Waals surface area contributed by atoms with Gasteiger partial charge in [-0.3, -0.25) is 9.59 Å². The molecule has 0 aromatic rings. The molecule has 1 rings (SSSR count). The van der Waals surface area contributed by atoms with Gasteiger partial charge in [-0.05, 0) is 12.3 Å². The third-order valence-electron chi connectivity index (χ3n) is 2.16. The van der Waals surface area contributed by atoms with E-state index in [0.29, 0.717) is 18.9 Å². The van der Waals surface area contributed by atoms with Crippen molar-refractivity contribution < 1.29 is 9.59 Å². The first kappa shape index (κ1) is 11.8. The number of carbonyl (C=O) groups excluding carboxylic acids is 2. The number of carbonyl (C=O) groups is 2. The quantitative estimate of drug-likeness (QED) is 0.698. The van der Waals surface area contributed by atoms with Gasteiger partial charge in [0.15, 0.2) is 5.78 Å². The standard InChI is InChI=1S/C11H18N2O2/c1-8(2)6-13-11(15)7-12-9-3-4-10(14)5-9/h5,8,12H,3-4,6-7H2,1-2H3,(H,13,15). The number of allylic oxidation sites excluding steroid dienone is 2. The van der Waals surface area contributed by atoms with Crippen LogP contribution >= 0.6 is 0 Å². The summed E-state index contributed by atoms with van der Waals surface area (Å²) >= 11 is 0. The fourth-order valence-corrected chi connectivity index (χ4v) is 1.31. The summed E-state index contributed by atoms with van der Waals surface area (Å²) in [4.78, 5) is 22.2. The fourth-order valence-electron chi connectivity index (χ4n) is 1.31. The minimum atomic E-state index is -0.0241. The molecule has 0 aromatic heterocycles. The highest BCUT2D eigenvalue weighted by Crippen LogP contribution is 2.10. The maximum absolute atomic E-state index is 11.3. The maximum Gasteiger partial charge on any atom is 0.239 e. The van der Waals surface area contributed by atoms with Crippen LogP contribution in [0.25, 0.3) is 0 Å². The molecular weight excluding hydrogens is 192 g/mol. The minimum absolute atomic E-state index is 0.0241. The molecule has 0 atom stereocenters. The van der Waals surface area contributed by atoms with Crippen LogP contribution < -0.4 is 10.6 Å². The van der Waals surface area contributed by atoms with Crippen LogP contribution in [0.1, 0.15) is 26.7 Å². The topological polar surface area (TPSA) is 58.2 Å². The Morgan fingerprint density at radius 2 is 2.20 bits per heavy atom. The van der Waals surface area contributed by atoms with Gasteiger partial charge in [0, 0.05) is 24.7 Å². The van der Waals surface area contributed by atoms with Crippen molar-refractivity contribution in [2.75, 3.05) is 13.1 Å². The van der Waals surface area contributed by atoms with Crippen molar-refractivity contribution in [1.29, 1.82) is 0 Å². The zero-order valence-electron chi connectivity index (χ0n) is 9.30. The van der Waals surface area contributed by atoms with Gasteiger partial charge < -0.3 is 10.6 Å². The Balaban J connectivity index is 2.17. The van der Waals surface area contributed by atoms with Gasteiger partial charge in [0.2, 0.25) is 5.91 Å². The lowest BCUT2D eigenvalue weighted by atomic mass is 10.2. The molecule has 0 unspecified atom stereocenters. The summed E-state index contributed by atoms with van der Waals surface area (Å²) in [6.45, 7) is 5.04. The molecule has 2 N–H and O–H groups in total. The van der Waals surface area contributed by atoms with Crippen molar-refractivity contribution in [2.45, 2.75) is 26.7 Å². The van der Waals surface area contributed by atoms with Crippen LogP contribution in [-0.2, 0) is 9.59 Å². The lowest BCUT2D eigenvalue weighted by molar-refractivity contribution is -0.120. The smallest absolute Gasteiger partial charge is 0.239 e. The Morgan fingerprint density at radius 1 is 1.47 bits per heavy atom. The summed E-state index contributed by atoms with van der Waals surface area (Å²) in [5.41, 5.74) is 0.875. The molecule has 0 aromatic carbocycles. The van der Waals surface area contributed by atoms with Crippen molar-refractivity contribution in [3.63, 3.8) is 0 Å². The molecule has 1 amide bonds. The van der Waals surface area contributed by atoms with Gasteiger partial charge >= 0.3 is 0 Å². The zero-order valence-corrected chi connectivity index (χ0v) is 9.30. The SMILES string of the molecule is CC(C)CNC(=O)CNC1=CC(=O)CC1. The van der Waals surface area contributed by atoms with E-state index in [0.717, 1.165) is 12.1 Å². The molecule has 0 fully saturated rings. The molecule has 0 saturated heterocycles. The Kier molecular flexibility index (Phi) is 4.34. The van der Waals surface area contributed by atoms with Gasteiger partial charge in [-0.25, -0.2) is 0 Å². The third-order valence-corrected chi connectivity index (χ3v) is 2.16. The van der Waals surface area contributed by atoms with Gasteiger partial charge in [0.1, 0.15) is 0 Å². The number of nitrogens with one attached hydrogen (secondary N) is 2. The summed E-state index contributed by atoms with van der Waals surface area (Å²) < 4.78 is 0. The molecule has 84 valence electrons. The Hall–Kier alpha value is -1.32. The van der Waals surface area contributed by atoms with E-state index in [4.69, 9.17) is 0 Å². The number of amides is 1. The van der Waals surface area contributed by atoms with Gasteiger partial charge in [-0.1, -0.05) is 13.8 Å². The van der Waals surface area contributed by atoms with E-state index in [-0.39, 0.29) is 18.2 Å². The van der Waals surface area contributed by atoms with Crippen LogP contribution in [0.5, 0.6) is 0 Å². The van der Waals surface area contributed by atoms with E-state index < -0.39 is 0 Å². The monoisotopic (exact) mass is 210 g/mol. The second-order valence-electron chi connectivity index (χ2n) is 4.19. The highest BCUT2D eigenvalue weighted by Gasteiger charge is 2.12. The first-order valence-electron chi connectivity index (χ1n) is 5.32. The van der Waals surface area contributed by atoms with Crippen molar-refractivity contribution >= 4 is 11.7 Å². The molecule has 0 bridgehead atoms. The lowest BCUT2D eigenvalue weighted by Crippen LogP contribution is -2.35. The molecule has 1 aliphatic rings. The van der Waals surface area contributed by atoms with Gasteiger partial charge in [-0.15, -0.1) is 0 Å². The maximum atomic E-state index is 11.3. The molecular formula is C11H18N2O2. The van der Waals surface area contributed by atoms with Crippen LogP contribution in [0.3, 0.4) is 0 Å². The van der Waals surface area contributed by atoms with E-state index >= 15 is 0 Å². The second-order valence-corrected chi connectivity index (χ2v) is 4.19. The first-order chi connectivity index (χ1) is 7.08. The van der Waals surface area contributed by atoms with E-state index in [1.807, 2.05) is 13.8 Å². The van der Waals surface area contributed by atoms with Crippen LogP contribution in [0.2, 0.25) is 0 Å². The summed E-state index contributed by atoms with van der Waals surface area (Å²) in [6, 6.07) is 0. The molecule has 1 aliphatic carbocycles. The van der Waals surface area contributed by atoms with Gasteiger partial charge in [-0.2, -0.15) is 0 Å². The predicted molar refractivity (Wildman–Crippen MR) is 58.2 cm³/mol. The van der Waals surface area contributed by atoms with Crippen LogP contribution in [-0.4, -0.2) is 24.8 Å². The summed E-state index contributed by atoms with van der Waals surface area (Å²) in [6.07, 6.45) is 2.88. The van der Waals surface area contributed by atoms with E-state index in [1.54, 1.807) is 6.08 Å². The van der Waals surface area contributed by atoms with E-state index in [2.05, 4.69) is 10.6 Å². The van der Waals surface area contributed by atoms with Crippen LogP contribution in [0.4, 0.5) is 0 Å². The molecule has 0 aliphatic heterocycles. The van der Waals surface area contributed by atoms with Crippen molar-refractivity contribution in [1.82, 2.24) is 10.6 Å². The van der Waals surface area contributed by atoms with Gasteiger partial charge in [0.05, 0.1) is 6.54 Å². The largest absolute Gasteiger partial charge is 0.379 e. The Bertz CT molecular complexity index is 282. The summed E-state index contributed by atoms with van der Waals surface area (Å²) in [7, 11) is 0. The Labute approximate surface area is 90.1 Å². The molecule has 4 heteroatoms. The summed E-state index contributed by atoms with van der Waals surface area (Å²) in [5.74, 6) is 0.574. The number of hydrogen-bond donors (Lipinski definition) is 2. The highest BCUT2D eigenvalue weighted by atomic mass is 16.2. The minimum Gasteiger partial charge on any atom is -0.379 e. The summed E-state index contributed by atoms with van der Waals surface area (Å²) in [5, 5.41) is 5.77. The van der Waals surface area contributed by atoms with Crippen LogP contribution in [0.15, 0.2) is 11.8 Å². The predicted octanol–water partition coefficient (Wildman–Crippen LogP) is 0.595. The molecule has 0 saturated carbocycles. The Morgan fingerprint density at radius 3 is 2.73 bits per heavy atom. The van der Waals surface area contributed by atoms with Crippen molar-refractivity contribution in [3.05, 3.63) is 11.8 Å². The molecule has 4 nitrogen and oxygen atoms in total. The number of rotatable bonds is 5. The fraction of sp³-hybridized carbons (Fsp3) is 0.636. The third kappa shape index (κ3) is 4.63. The van der Waals surface area contributed by atoms with Crippen molar-refractivity contribution in [2.24, 2.45) is 5.92 Å². The highest BCUT2D eigenvalue weighted by molar-refractivity contribution is 5.93.